The van der Waals surface area contributed by atoms with Gasteiger partial charge in [0.1, 0.15) is 17.2 Å². The van der Waals surface area contributed by atoms with Crippen molar-refractivity contribution in [3.05, 3.63) is 64.6 Å². The van der Waals surface area contributed by atoms with Crippen LogP contribution in [0.2, 0.25) is 0 Å². The molecular weight excluding hydrogens is 305 g/mol. The third-order valence-corrected chi connectivity index (χ3v) is 4.55. The van der Waals surface area contributed by atoms with Gasteiger partial charge in [0.05, 0.1) is 11.1 Å². The first-order valence-corrected chi connectivity index (χ1v) is 8.30. The second-order valence-electron chi connectivity index (χ2n) is 6.19. The van der Waals surface area contributed by atoms with Crippen LogP contribution < -0.4 is 10.3 Å². The second-order valence-corrected chi connectivity index (χ2v) is 6.19. The van der Waals surface area contributed by atoms with Crippen LogP contribution in [0.1, 0.15) is 19.3 Å². The van der Waals surface area contributed by atoms with Gasteiger partial charge in [0.2, 0.25) is 0 Å². The highest BCUT2D eigenvalue weighted by Crippen LogP contribution is 2.29. The van der Waals surface area contributed by atoms with Gasteiger partial charge >= 0.3 is 0 Å². The summed E-state index contributed by atoms with van der Waals surface area (Å²) in [7, 11) is 0. The fourth-order valence-corrected chi connectivity index (χ4v) is 3.29. The van der Waals surface area contributed by atoms with E-state index in [-0.39, 0.29) is 16.6 Å². The number of rotatable bonds is 2. The van der Waals surface area contributed by atoms with Crippen molar-refractivity contribution in [1.82, 2.24) is 0 Å². The molecule has 0 spiro atoms. The van der Waals surface area contributed by atoms with E-state index in [1.807, 2.05) is 35.2 Å². The lowest BCUT2D eigenvalue weighted by atomic mass is 10.1. The first-order chi connectivity index (χ1) is 11.7. The van der Waals surface area contributed by atoms with Crippen LogP contribution in [0.4, 0.5) is 10.1 Å². The molecule has 3 aromatic rings. The molecule has 0 radical (unpaired) electrons. The van der Waals surface area contributed by atoms with Crippen LogP contribution in [-0.2, 0) is 0 Å². The van der Waals surface area contributed by atoms with Gasteiger partial charge in [-0.25, -0.2) is 4.39 Å². The second kappa shape index (κ2) is 6.11. The van der Waals surface area contributed by atoms with Crippen molar-refractivity contribution in [1.29, 1.82) is 0 Å². The van der Waals surface area contributed by atoms with Crippen LogP contribution in [0, 0.1) is 5.82 Å². The number of nitrogens with zero attached hydrogens (tertiary/aromatic N) is 1. The molecule has 2 aromatic carbocycles. The molecular formula is C20H18FNO2. The summed E-state index contributed by atoms with van der Waals surface area (Å²) >= 11 is 0. The number of benzene rings is 2. The minimum absolute atomic E-state index is 0.223. The van der Waals surface area contributed by atoms with E-state index in [1.54, 1.807) is 6.07 Å². The summed E-state index contributed by atoms with van der Waals surface area (Å²) in [5, 5.41) is 0.285. The highest BCUT2D eigenvalue weighted by Gasteiger charge is 2.18. The van der Waals surface area contributed by atoms with Gasteiger partial charge in [0.25, 0.3) is 0 Å². The Labute approximate surface area is 139 Å². The van der Waals surface area contributed by atoms with E-state index in [2.05, 4.69) is 0 Å². The largest absolute Gasteiger partial charge is 0.456 e. The Morgan fingerprint density at radius 3 is 2.46 bits per heavy atom. The van der Waals surface area contributed by atoms with Crippen molar-refractivity contribution >= 4 is 16.7 Å². The first kappa shape index (κ1) is 14.9. The Bertz CT molecular complexity index is 928. The number of anilines is 1. The molecule has 122 valence electrons. The van der Waals surface area contributed by atoms with E-state index in [0.29, 0.717) is 17.0 Å². The molecule has 0 amide bonds. The van der Waals surface area contributed by atoms with E-state index >= 15 is 0 Å². The molecule has 0 unspecified atom stereocenters. The van der Waals surface area contributed by atoms with Crippen LogP contribution in [0.25, 0.3) is 22.3 Å². The van der Waals surface area contributed by atoms with Crippen LogP contribution in [0.15, 0.2) is 57.7 Å². The van der Waals surface area contributed by atoms with Crippen molar-refractivity contribution in [3.8, 4) is 11.3 Å². The minimum Gasteiger partial charge on any atom is -0.456 e. The van der Waals surface area contributed by atoms with Crippen LogP contribution >= 0.6 is 0 Å². The summed E-state index contributed by atoms with van der Waals surface area (Å²) in [6, 6.07) is 13.9. The van der Waals surface area contributed by atoms with Gasteiger partial charge in [0.15, 0.2) is 5.43 Å². The lowest BCUT2D eigenvalue weighted by Crippen LogP contribution is -2.30. The molecule has 1 fully saturated rings. The Morgan fingerprint density at radius 2 is 1.71 bits per heavy atom. The zero-order valence-electron chi connectivity index (χ0n) is 13.3. The number of halogens is 1. The molecule has 1 aliphatic heterocycles. The normalized spacial score (nSPS) is 15.0. The van der Waals surface area contributed by atoms with Gasteiger partial charge in [-0.05, 0) is 25.3 Å². The highest BCUT2D eigenvalue weighted by atomic mass is 19.1. The van der Waals surface area contributed by atoms with Gasteiger partial charge < -0.3 is 9.32 Å². The van der Waals surface area contributed by atoms with Crippen molar-refractivity contribution < 1.29 is 8.81 Å². The smallest absolute Gasteiger partial charge is 0.193 e. The topological polar surface area (TPSA) is 33.5 Å². The zero-order chi connectivity index (χ0) is 16.5. The van der Waals surface area contributed by atoms with Gasteiger partial charge in [0, 0.05) is 30.8 Å². The highest BCUT2D eigenvalue weighted by molar-refractivity contribution is 5.82. The van der Waals surface area contributed by atoms with Gasteiger partial charge in [-0.2, -0.15) is 0 Å². The van der Waals surface area contributed by atoms with Gasteiger partial charge in [-0.15, -0.1) is 0 Å². The number of hydrogen-bond donors (Lipinski definition) is 0. The van der Waals surface area contributed by atoms with Crippen LogP contribution in [0.3, 0.4) is 0 Å². The summed E-state index contributed by atoms with van der Waals surface area (Å²) in [5.74, 6) is 0.147. The van der Waals surface area contributed by atoms with E-state index < -0.39 is 0 Å². The lowest BCUT2D eigenvalue weighted by molar-refractivity contribution is 0.555. The summed E-state index contributed by atoms with van der Waals surface area (Å²) in [6.07, 6.45) is 3.30. The summed E-state index contributed by atoms with van der Waals surface area (Å²) < 4.78 is 20.4. The molecule has 1 aliphatic rings. The molecule has 4 heteroatoms. The fraction of sp³-hybridized carbons (Fsp3) is 0.250. The molecule has 4 rings (SSSR count). The van der Waals surface area contributed by atoms with Crippen molar-refractivity contribution in [2.75, 3.05) is 18.0 Å². The standard InChI is InChI=1S/C20H18FNO2/c21-16-11-15-18(23)13-19(14-7-3-1-4-8-14)24-20(15)12-17(16)22-9-5-2-6-10-22/h1,3-4,7-8,11-13H,2,5-6,9-10H2. The van der Waals surface area contributed by atoms with Crippen LogP contribution in [0.5, 0.6) is 0 Å². The van der Waals surface area contributed by atoms with E-state index in [9.17, 15) is 9.18 Å². The minimum atomic E-state index is -0.357. The quantitative estimate of drug-likeness (QED) is 0.691. The molecule has 0 atom stereocenters. The van der Waals surface area contributed by atoms with Crippen molar-refractivity contribution in [2.45, 2.75) is 19.3 Å². The maximum absolute atomic E-state index is 14.5. The molecule has 2 heterocycles. The maximum Gasteiger partial charge on any atom is 0.193 e. The molecule has 0 bridgehead atoms. The number of fused-ring (bicyclic) bond motifs is 1. The third-order valence-electron chi connectivity index (χ3n) is 4.55. The molecule has 3 nitrogen and oxygen atoms in total. The average Bonchev–Trinajstić information content (AvgIpc) is 2.63. The zero-order valence-corrected chi connectivity index (χ0v) is 13.3. The third kappa shape index (κ3) is 2.68. The van der Waals surface area contributed by atoms with Crippen molar-refractivity contribution in [2.24, 2.45) is 0 Å². The Hall–Kier alpha value is -2.62. The number of piperidine rings is 1. The average molecular weight is 323 g/mol. The van der Waals surface area contributed by atoms with E-state index in [4.69, 9.17) is 4.42 Å². The van der Waals surface area contributed by atoms with Crippen molar-refractivity contribution in [3.63, 3.8) is 0 Å². The first-order valence-electron chi connectivity index (χ1n) is 8.30. The predicted octanol–water partition coefficient (Wildman–Crippen LogP) is 4.59. The molecule has 0 aliphatic carbocycles. The Morgan fingerprint density at radius 1 is 0.958 bits per heavy atom. The molecule has 1 saturated heterocycles. The van der Waals surface area contributed by atoms with Gasteiger partial charge in [-0.1, -0.05) is 30.3 Å². The van der Waals surface area contributed by atoms with Gasteiger partial charge in [-0.3, -0.25) is 4.79 Å². The Kier molecular flexibility index (Phi) is 3.81. The number of hydrogen-bond acceptors (Lipinski definition) is 3. The van der Waals surface area contributed by atoms with E-state index in [0.717, 1.165) is 31.5 Å². The molecule has 0 saturated carbocycles. The van der Waals surface area contributed by atoms with Crippen LogP contribution in [-0.4, -0.2) is 13.1 Å². The maximum atomic E-state index is 14.5. The fourth-order valence-electron chi connectivity index (χ4n) is 3.29. The molecule has 0 N–H and O–H groups in total. The summed E-state index contributed by atoms with van der Waals surface area (Å²) in [5.41, 5.74) is 1.57. The monoisotopic (exact) mass is 323 g/mol. The summed E-state index contributed by atoms with van der Waals surface area (Å²) in [4.78, 5) is 14.4. The lowest BCUT2D eigenvalue weighted by Gasteiger charge is -2.29. The van der Waals surface area contributed by atoms with E-state index in [1.165, 1.54) is 18.6 Å². The Balaban J connectivity index is 1.86. The molecule has 1 aromatic heterocycles. The summed E-state index contributed by atoms with van der Waals surface area (Å²) in [6.45, 7) is 1.68. The SMILES string of the molecule is O=c1cc(-c2ccccc2)oc2cc(N3CCCCC3)c(F)cc12. The molecule has 24 heavy (non-hydrogen) atoms. The predicted molar refractivity (Wildman–Crippen MR) is 93.9 cm³/mol.